The van der Waals surface area contributed by atoms with E-state index in [1.165, 1.54) is 0 Å². The summed E-state index contributed by atoms with van der Waals surface area (Å²) in [6.07, 6.45) is 7.21. The van der Waals surface area contributed by atoms with Gasteiger partial charge in [0.2, 0.25) is 11.8 Å². The number of nitrogens with two attached hydrogens (primary N) is 1. The highest BCUT2D eigenvalue weighted by atomic mass is 35.5. The van der Waals surface area contributed by atoms with E-state index in [4.69, 9.17) is 5.73 Å². The maximum atomic E-state index is 13.6. The van der Waals surface area contributed by atoms with Crippen LogP contribution in [0.15, 0.2) is 60.7 Å². The van der Waals surface area contributed by atoms with Gasteiger partial charge in [0.05, 0.1) is 6.04 Å². The molecular formula is C28H38ClN3O2. The van der Waals surface area contributed by atoms with Gasteiger partial charge in [0.1, 0.15) is 6.04 Å². The zero-order chi connectivity index (χ0) is 23.2. The van der Waals surface area contributed by atoms with Gasteiger partial charge < -0.3 is 16.0 Å². The highest BCUT2D eigenvalue weighted by Crippen LogP contribution is 2.36. The molecule has 2 fully saturated rings. The molecule has 0 aliphatic carbocycles. The Morgan fingerprint density at radius 1 is 1.00 bits per heavy atom. The summed E-state index contributed by atoms with van der Waals surface area (Å²) in [5.74, 6) is 0.101. The lowest BCUT2D eigenvalue weighted by atomic mass is 9.93. The van der Waals surface area contributed by atoms with Crippen molar-refractivity contribution in [1.29, 1.82) is 0 Å². The Bertz CT molecular complexity index is 884. The normalized spacial score (nSPS) is 23.1. The van der Waals surface area contributed by atoms with Crippen LogP contribution in [0.25, 0.3) is 0 Å². The molecule has 5 nitrogen and oxygen atoms in total. The van der Waals surface area contributed by atoms with Crippen molar-refractivity contribution < 1.29 is 9.59 Å². The molecule has 184 valence electrons. The molecule has 2 aliphatic rings. The van der Waals surface area contributed by atoms with Gasteiger partial charge >= 0.3 is 0 Å². The molecular weight excluding hydrogens is 446 g/mol. The van der Waals surface area contributed by atoms with Crippen molar-refractivity contribution in [3.8, 4) is 0 Å². The predicted molar refractivity (Wildman–Crippen MR) is 139 cm³/mol. The summed E-state index contributed by atoms with van der Waals surface area (Å²) in [4.78, 5) is 29.1. The topological polar surface area (TPSA) is 75.4 Å². The lowest BCUT2D eigenvalue weighted by Crippen LogP contribution is -2.50. The van der Waals surface area contributed by atoms with Crippen LogP contribution in [0.1, 0.15) is 75.5 Å². The molecule has 0 bridgehead atoms. The SMILES string of the molecule is CC[C@H](N)CC[C@H]1CCC[C@H]2CC[C@@H](C(=O)NC(c3ccccc3)c3ccccc3)N2C1=O.Cl. The van der Waals surface area contributed by atoms with E-state index in [0.29, 0.717) is 0 Å². The van der Waals surface area contributed by atoms with E-state index in [9.17, 15) is 9.59 Å². The lowest BCUT2D eigenvalue weighted by Gasteiger charge is -2.32. The highest BCUT2D eigenvalue weighted by molar-refractivity contribution is 5.90. The monoisotopic (exact) mass is 483 g/mol. The Hall–Kier alpha value is -2.37. The molecule has 6 heteroatoms. The largest absolute Gasteiger partial charge is 0.343 e. The number of carbonyl (C=O) groups excluding carboxylic acids is 2. The number of fused-ring (bicyclic) bond motifs is 1. The Kier molecular flexibility index (Phi) is 9.54. The molecule has 2 amide bonds. The molecule has 3 N–H and O–H groups in total. The second-order valence-electron chi connectivity index (χ2n) is 9.63. The summed E-state index contributed by atoms with van der Waals surface area (Å²) < 4.78 is 0. The summed E-state index contributed by atoms with van der Waals surface area (Å²) in [5.41, 5.74) is 8.22. The average molecular weight is 484 g/mol. The number of halogens is 1. The van der Waals surface area contributed by atoms with Crippen molar-refractivity contribution in [3.63, 3.8) is 0 Å². The van der Waals surface area contributed by atoms with E-state index in [-0.39, 0.29) is 48.3 Å². The third kappa shape index (κ3) is 6.00. The summed E-state index contributed by atoms with van der Waals surface area (Å²) in [5, 5.41) is 3.29. The van der Waals surface area contributed by atoms with Gasteiger partial charge in [0, 0.05) is 18.0 Å². The molecule has 0 aromatic heterocycles. The van der Waals surface area contributed by atoms with E-state index < -0.39 is 6.04 Å². The first-order chi connectivity index (χ1) is 16.1. The molecule has 2 aromatic carbocycles. The van der Waals surface area contributed by atoms with Gasteiger partial charge in [-0.1, -0.05) is 74.0 Å². The van der Waals surface area contributed by atoms with Crippen LogP contribution in [0.2, 0.25) is 0 Å². The zero-order valence-electron chi connectivity index (χ0n) is 20.1. The number of hydrogen-bond acceptors (Lipinski definition) is 3. The Labute approximate surface area is 209 Å². The van der Waals surface area contributed by atoms with Crippen LogP contribution in [0.4, 0.5) is 0 Å². The summed E-state index contributed by atoms with van der Waals surface area (Å²) in [6, 6.07) is 19.8. The summed E-state index contributed by atoms with van der Waals surface area (Å²) in [6.45, 7) is 2.09. The molecule has 4 rings (SSSR count). The smallest absolute Gasteiger partial charge is 0.243 e. The van der Waals surface area contributed by atoms with Crippen molar-refractivity contribution in [2.75, 3.05) is 0 Å². The maximum absolute atomic E-state index is 13.6. The van der Waals surface area contributed by atoms with Crippen LogP contribution >= 0.6 is 12.4 Å². The minimum Gasteiger partial charge on any atom is -0.343 e. The van der Waals surface area contributed by atoms with Crippen LogP contribution < -0.4 is 11.1 Å². The number of amides is 2. The molecule has 2 heterocycles. The Morgan fingerprint density at radius 2 is 1.62 bits per heavy atom. The first-order valence-electron chi connectivity index (χ1n) is 12.6. The molecule has 0 radical (unpaired) electrons. The fourth-order valence-electron chi connectivity index (χ4n) is 5.47. The molecule has 2 saturated heterocycles. The average Bonchev–Trinajstić information content (AvgIpc) is 3.22. The van der Waals surface area contributed by atoms with Gasteiger partial charge in [-0.05, 0) is 56.1 Å². The third-order valence-electron chi connectivity index (χ3n) is 7.46. The highest BCUT2D eigenvalue weighted by Gasteiger charge is 2.44. The first-order valence-corrected chi connectivity index (χ1v) is 12.6. The lowest BCUT2D eigenvalue weighted by molar-refractivity contribution is -0.143. The standard InChI is InChI=1S/C28H37N3O2.ClH/c1-2-23(29)17-16-22-14-9-15-24-18-19-25(31(24)28(22)33)27(32)30-26(20-10-5-3-6-11-20)21-12-7-4-8-13-21;/h3-8,10-13,22-26H,2,9,14-19,29H2,1H3,(H,30,32);1H/t22-,23+,24+,25+;/m1./s1. The van der Waals surface area contributed by atoms with Crippen LogP contribution in [-0.4, -0.2) is 34.8 Å². The number of nitrogens with one attached hydrogen (secondary N) is 1. The van der Waals surface area contributed by atoms with Crippen LogP contribution in [0, 0.1) is 5.92 Å². The van der Waals surface area contributed by atoms with E-state index in [0.717, 1.165) is 62.5 Å². The van der Waals surface area contributed by atoms with Crippen molar-refractivity contribution >= 4 is 24.2 Å². The van der Waals surface area contributed by atoms with E-state index in [1.54, 1.807) is 0 Å². The van der Waals surface area contributed by atoms with Crippen molar-refractivity contribution in [3.05, 3.63) is 71.8 Å². The molecule has 2 aliphatic heterocycles. The zero-order valence-corrected chi connectivity index (χ0v) is 20.9. The minimum atomic E-state index is -0.391. The van der Waals surface area contributed by atoms with Crippen molar-refractivity contribution in [2.24, 2.45) is 11.7 Å². The number of rotatable bonds is 8. The first kappa shape index (κ1) is 26.2. The van der Waals surface area contributed by atoms with Gasteiger partial charge in [0.15, 0.2) is 0 Å². The number of hydrogen-bond donors (Lipinski definition) is 2. The molecule has 2 aromatic rings. The number of benzene rings is 2. The molecule has 0 saturated carbocycles. The van der Waals surface area contributed by atoms with Crippen LogP contribution in [-0.2, 0) is 9.59 Å². The number of nitrogens with zero attached hydrogens (tertiary/aromatic N) is 1. The summed E-state index contributed by atoms with van der Waals surface area (Å²) >= 11 is 0. The summed E-state index contributed by atoms with van der Waals surface area (Å²) in [7, 11) is 0. The Morgan fingerprint density at radius 3 is 2.21 bits per heavy atom. The van der Waals surface area contributed by atoms with Gasteiger partial charge in [-0.15, -0.1) is 12.4 Å². The van der Waals surface area contributed by atoms with E-state index in [1.807, 2.05) is 65.6 Å². The fourth-order valence-corrected chi connectivity index (χ4v) is 5.47. The quantitative estimate of drug-likeness (QED) is 0.555. The van der Waals surface area contributed by atoms with Crippen molar-refractivity contribution in [2.45, 2.75) is 82.5 Å². The van der Waals surface area contributed by atoms with Gasteiger partial charge in [-0.25, -0.2) is 0 Å². The minimum absolute atomic E-state index is 0. The second-order valence-corrected chi connectivity index (χ2v) is 9.63. The molecule has 34 heavy (non-hydrogen) atoms. The molecule has 0 spiro atoms. The van der Waals surface area contributed by atoms with Crippen molar-refractivity contribution in [1.82, 2.24) is 10.2 Å². The van der Waals surface area contributed by atoms with E-state index in [2.05, 4.69) is 12.2 Å². The second kappa shape index (κ2) is 12.4. The Balaban J connectivity index is 0.00000324. The number of carbonyl (C=O) groups is 2. The van der Waals surface area contributed by atoms with E-state index >= 15 is 0 Å². The van der Waals surface area contributed by atoms with Gasteiger partial charge in [0.25, 0.3) is 0 Å². The van der Waals surface area contributed by atoms with Gasteiger partial charge in [-0.3, -0.25) is 9.59 Å². The molecule has 4 atom stereocenters. The van der Waals surface area contributed by atoms with Gasteiger partial charge in [-0.2, -0.15) is 0 Å². The van der Waals surface area contributed by atoms with Crippen LogP contribution in [0.5, 0.6) is 0 Å². The predicted octanol–water partition coefficient (Wildman–Crippen LogP) is 4.99. The fraction of sp³-hybridized carbons (Fsp3) is 0.500. The van der Waals surface area contributed by atoms with Crippen LogP contribution in [0.3, 0.4) is 0 Å². The third-order valence-corrected chi connectivity index (χ3v) is 7.46. The maximum Gasteiger partial charge on any atom is 0.243 e. The molecule has 0 unspecified atom stereocenters.